The molecule has 42 heavy (non-hydrogen) atoms. The third-order valence-electron chi connectivity index (χ3n) is 7.82. The summed E-state index contributed by atoms with van der Waals surface area (Å²) in [5.74, 6) is -0.825. The summed E-state index contributed by atoms with van der Waals surface area (Å²) >= 11 is 0. The molecule has 2 aliphatic heterocycles. The second-order valence-corrected chi connectivity index (χ2v) is 12.0. The van der Waals surface area contributed by atoms with Crippen molar-refractivity contribution in [3.05, 3.63) is 42.0 Å². The molecule has 226 valence electrons. The third kappa shape index (κ3) is 6.21. The molecule has 9 nitrogen and oxygen atoms in total. The third-order valence-corrected chi connectivity index (χ3v) is 7.82. The molecule has 2 atom stereocenters. The van der Waals surface area contributed by atoms with Crippen molar-refractivity contribution in [3.8, 4) is 22.9 Å². The van der Waals surface area contributed by atoms with Gasteiger partial charge in [-0.05, 0) is 72.3 Å². The van der Waals surface area contributed by atoms with E-state index < -0.39 is 17.2 Å². The lowest BCUT2D eigenvalue weighted by atomic mass is 10.1. The van der Waals surface area contributed by atoms with Crippen LogP contribution in [0.4, 0.5) is 19.3 Å². The van der Waals surface area contributed by atoms with Crippen LogP contribution in [0.15, 0.2) is 30.3 Å². The maximum atomic E-state index is 15.7. The van der Waals surface area contributed by atoms with E-state index in [0.717, 1.165) is 19.4 Å². The van der Waals surface area contributed by atoms with Gasteiger partial charge in [-0.1, -0.05) is 6.07 Å². The number of pyridine rings is 2. The number of benzene rings is 1. The Morgan fingerprint density at radius 2 is 1.88 bits per heavy atom. The summed E-state index contributed by atoms with van der Waals surface area (Å²) < 4.78 is 47.8. The number of aromatic nitrogens is 2. The van der Waals surface area contributed by atoms with Gasteiger partial charge in [0.15, 0.2) is 11.5 Å². The van der Waals surface area contributed by atoms with Gasteiger partial charge in [-0.2, -0.15) is 4.98 Å². The van der Waals surface area contributed by atoms with Crippen LogP contribution in [0, 0.1) is 11.6 Å². The summed E-state index contributed by atoms with van der Waals surface area (Å²) in [5.41, 5.74) is 0.0582. The van der Waals surface area contributed by atoms with E-state index in [1.165, 1.54) is 25.3 Å². The van der Waals surface area contributed by atoms with Crippen LogP contribution >= 0.6 is 0 Å². The second kappa shape index (κ2) is 11.9. The topological polar surface area (TPSA) is 80.3 Å². The summed E-state index contributed by atoms with van der Waals surface area (Å²) in [6.07, 6.45) is 1.77. The van der Waals surface area contributed by atoms with Crippen LogP contribution < -0.4 is 14.4 Å². The zero-order chi connectivity index (χ0) is 30.2. The van der Waals surface area contributed by atoms with Crippen molar-refractivity contribution in [1.82, 2.24) is 19.8 Å². The van der Waals surface area contributed by atoms with Gasteiger partial charge in [-0.15, -0.1) is 0 Å². The number of piperazine rings is 1. The van der Waals surface area contributed by atoms with Gasteiger partial charge in [0.05, 0.1) is 18.4 Å². The standard InChI is InChI=1S/C31H39F2N5O4/c1-19-17-37(30(39)42-31(2,3)4)13-14-38(19)24-16-26(41-18-20-9-8-12-36(20)5)34-29-21(24)15-23(33)28(35-29)27-22(32)10-7-11-25(27)40-6/h7,10-11,15-16,19-20H,8-9,12-14,17-18H2,1-6H3/t19-,20?/m1/s1. The van der Waals surface area contributed by atoms with Crippen LogP contribution in [0.25, 0.3) is 22.3 Å². The number of likely N-dealkylation sites (N-methyl/N-ethyl adjacent to an activating group) is 1. The first kappa shape index (κ1) is 29.8. The second-order valence-electron chi connectivity index (χ2n) is 12.0. The van der Waals surface area contributed by atoms with Crippen molar-refractivity contribution < 1.29 is 27.8 Å². The van der Waals surface area contributed by atoms with Crippen molar-refractivity contribution in [3.63, 3.8) is 0 Å². The molecule has 0 spiro atoms. The normalized spacial score (nSPS) is 19.8. The SMILES string of the molecule is COc1cccc(F)c1-c1nc2nc(OCC3CCCN3C)cc(N3CCN(C(=O)OC(C)(C)C)C[C@H]3C)c2cc1F. The molecule has 1 unspecified atom stereocenters. The van der Waals surface area contributed by atoms with Crippen molar-refractivity contribution in [2.24, 2.45) is 0 Å². The smallest absolute Gasteiger partial charge is 0.410 e. The fourth-order valence-electron chi connectivity index (χ4n) is 5.65. The summed E-state index contributed by atoms with van der Waals surface area (Å²) in [7, 11) is 3.47. The lowest BCUT2D eigenvalue weighted by molar-refractivity contribution is 0.0219. The van der Waals surface area contributed by atoms with Gasteiger partial charge in [-0.25, -0.2) is 18.6 Å². The predicted octanol–water partition coefficient (Wildman–Crippen LogP) is 5.50. The Bertz CT molecular complexity index is 1460. The molecule has 0 bridgehead atoms. The summed E-state index contributed by atoms with van der Waals surface area (Å²) in [6.45, 7) is 10.3. The number of rotatable bonds is 6. The lowest BCUT2D eigenvalue weighted by Crippen LogP contribution is -2.54. The Morgan fingerprint density at radius 3 is 2.55 bits per heavy atom. The largest absolute Gasteiger partial charge is 0.496 e. The molecule has 5 rings (SSSR count). The zero-order valence-electron chi connectivity index (χ0n) is 25.1. The monoisotopic (exact) mass is 583 g/mol. The van der Waals surface area contributed by atoms with E-state index in [4.69, 9.17) is 14.2 Å². The average molecular weight is 584 g/mol. The van der Waals surface area contributed by atoms with Crippen molar-refractivity contribution in [1.29, 1.82) is 0 Å². The van der Waals surface area contributed by atoms with E-state index in [1.54, 1.807) is 17.0 Å². The Balaban J connectivity index is 1.54. The zero-order valence-corrected chi connectivity index (χ0v) is 25.1. The van der Waals surface area contributed by atoms with Gasteiger partial charge >= 0.3 is 6.09 Å². The molecule has 0 radical (unpaired) electrons. The number of amides is 1. The highest BCUT2D eigenvalue weighted by atomic mass is 19.1. The molecule has 0 saturated carbocycles. The van der Waals surface area contributed by atoms with Crippen LogP contribution in [0.1, 0.15) is 40.5 Å². The minimum Gasteiger partial charge on any atom is -0.496 e. The number of carbonyl (C=O) groups excluding carboxylic acids is 1. The van der Waals surface area contributed by atoms with E-state index >= 15 is 4.39 Å². The molecule has 2 aliphatic rings. The van der Waals surface area contributed by atoms with E-state index in [2.05, 4.69) is 26.8 Å². The summed E-state index contributed by atoms with van der Waals surface area (Å²) in [4.78, 5) is 28.0. The van der Waals surface area contributed by atoms with Gasteiger partial charge in [0, 0.05) is 43.2 Å². The Kier molecular flexibility index (Phi) is 8.41. The molecule has 2 aromatic heterocycles. The van der Waals surface area contributed by atoms with E-state index in [9.17, 15) is 9.18 Å². The van der Waals surface area contributed by atoms with Crippen LogP contribution in [-0.2, 0) is 4.74 Å². The molecule has 0 aliphatic carbocycles. The molecule has 4 heterocycles. The predicted molar refractivity (Wildman–Crippen MR) is 157 cm³/mol. The quantitative estimate of drug-likeness (QED) is 0.376. The lowest BCUT2D eigenvalue weighted by Gasteiger charge is -2.41. The van der Waals surface area contributed by atoms with E-state index in [1.807, 2.05) is 27.7 Å². The van der Waals surface area contributed by atoms with E-state index in [-0.39, 0.29) is 40.8 Å². The first-order chi connectivity index (χ1) is 19.9. The van der Waals surface area contributed by atoms with Crippen LogP contribution in [0.5, 0.6) is 11.6 Å². The maximum absolute atomic E-state index is 15.7. The van der Waals surface area contributed by atoms with Crippen LogP contribution in [0.2, 0.25) is 0 Å². The Morgan fingerprint density at radius 1 is 1.10 bits per heavy atom. The van der Waals surface area contributed by atoms with Gasteiger partial charge in [0.1, 0.15) is 29.5 Å². The molecule has 0 N–H and O–H groups in total. The van der Waals surface area contributed by atoms with Crippen molar-refractivity contribution in [2.45, 2.75) is 58.2 Å². The molecule has 1 aromatic carbocycles. The first-order valence-electron chi connectivity index (χ1n) is 14.4. The molecule has 2 fully saturated rings. The number of anilines is 1. The Hall–Kier alpha value is -3.73. The fraction of sp³-hybridized carbons (Fsp3) is 0.516. The van der Waals surface area contributed by atoms with Crippen LogP contribution in [0.3, 0.4) is 0 Å². The van der Waals surface area contributed by atoms with Gasteiger partial charge in [0.2, 0.25) is 5.88 Å². The molecule has 11 heteroatoms. The average Bonchev–Trinajstić information content (AvgIpc) is 3.34. The molecular formula is C31H39F2N5O4. The number of halogens is 2. The number of likely N-dealkylation sites (tertiary alicyclic amines) is 1. The highest BCUT2D eigenvalue weighted by Crippen LogP contribution is 2.38. The number of carbonyl (C=O) groups is 1. The van der Waals surface area contributed by atoms with Crippen molar-refractivity contribution in [2.75, 3.05) is 51.8 Å². The number of nitrogens with zero attached hydrogens (tertiary/aromatic N) is 5. The highest BCUT2D eigenvalue weighted by molar-refractivity contribution is 5.92. The number of ether oxygens (including phenoxy) is 3. The molecule has 1 amide bonds. The first-order valence-corrected chi connectivity index (χ1v) is 14.4. The molecule has 2 saturated heterocycles. The maximum Gasteiger partial charge on any atom is 0.410 e. The van der Waals surface area contributed by atoms with E-state index in [0.29, 0.717) is 43.2 Å². The minimum absolute atomic E-state index is 0.0685. The van der Waals surface area contributed by atoms with Crippen LogP contribution in [-0.4, -0.2) is 90.5 Å². The molecular weight excluding hydrogens is 544 g/mol. The fourth-order valence-corrected chi connectivity index (χ4v) is 5.65. The number of fused-ring (bicyclic) bond motifs is 1. The minimum atomic E-state index is -0.699. The Labute approximate surface area is 245 Å². The summed E-state index contributed by atoms with van der Waals surface area (Å²) in [5, 5.41) is 0.467. The summed E-state index contributed by atoms with van der Waals surface area (Å²) in [6, 6.07) is 7.59. The number of methoxy groups -OCH3 is 1. The highest BCUT2D eigenvalue weighted by Gasteiger charge is 2.32. The van der Waals surface area contributed by atoms with Crippen molar-refractivity contribution >= 4 is 22.8 Å². The van der Waals surface area contributed by atoms with Gasteiger partial charge in [-0.3, -0.25) is 0 Å². The van der Waals surface area contributed by atoms with Gasteiger partial charge < -0.3 is 28.9 Å². The number of hydrogen-bond acceptors (Lipinski definition) is 8. The van der Waals surface area contributed by atoms with Gasteiger partial charge in [0.25, 0.3) is 0 Å². The number of hydrogen-bond donors (Lipinski definition) is 0. The molecule has 3 aromatic rings.